The number of rotatable bonds is 3. The SMILES string of the molecule is OC(C[Se])CO[Se]. The van der Waals surface area contributed by atoms with Crippen LogP contribution in [0.25, 0.3) is 0 Å². The van der Waals surface area contributed by atoms with Crippen LogP contribution < -0.4 is 0 Å². The van der Waals surface area contributed by atoms with Gasteiger partial charge in [0, 0.05) is 0 Å². The number of aliphatic hydroxyl groups is 1. The average molecular weight is 232 g/mol. The van der Waals surface area contributed by atoms with E-state index in [-0.39, 0.29) is 6.10 Å². The third-order valence-corrected chi connectivity index (χ3v) is 1.55. The maximum atomic E-state index is 8.68. The van der Waals surface area contributed by atoms with E-state index in [0.29, 0.717) is 11.9 Å². The first-order valence-corrected chi connectivity index (χ1v) is 3.73. The molecule has 42 valence electrons. The summed E-state index contributed by atoms with van der Waals surface area (Å²) in [6.07, 6.45) is -0.360. The molecule has 0 aliphatic carbocycles. The van der Waals surface area contributed by atoms with Crippen LogP contribution in [0.1, 0.15) is 0 Å². The molecule has 0 spiro atoms. The summed E-state index contributed by atoms with van der Waals surface area (Å²) in [5.41, 5.74) is 0. The van der Waals surface area contributed by atoms with Crippen LogP contribution in [0.5, 0.6) is 0 Å². The molecule has 0 bridgehead atoms. The number of hydrogen-bond acceptors (Lipinski definition) is 2. The molecule has 0 rings (SSSR count). The Morgan fingerprint density at radius 1 is 1.71 bits per heavy atom. The van der Waals surface area contributed by atoms with Crippen LogP contribution >= 0.6 is 0 Å². The van der Waals surface area contributed by atoms with E-state index in [4.69, 9.17) is 5.11 Å². The van der Waals surface area contributed by atoms with Crippen molar-refractivity contribution in [3.8, 4) is 0 Å². The molecule has 1 atom stereocenters. The van der Waals surface area contributed by atoms with Crippen molar-refractivity contribution >= 4 is 32.4 Å². The van der Waals surface area contributed by atoms with Crippen molar-refractivity contribution in [1.29, 1.82) is 0 Å². The van der Waals surface area contributed by atoms with Crippen molar-refractivity contribution in [3.05, 3.63) is 0 Å². The zero-order chi connectivity index (χ0) is 5.70. The third-order valence-electron chi connectivity index (χ3n) is 0.453. The Morgan fingerprint density at radius 2 is 2.29 bits per heavy atom. The zero-order valence-electron chi connectivity index (χ0n) is 3.66. The molecule has 0 aromatic rings. The van der Waals surface area contributed by atoms with E-state index >= 15 is 0 Å². The van der Waals surface area contributed by atoms with Gasteiger partial charge in [-0.1, -0.05) is 0 Å². The van der Waals surface area contributed by atoms with E-state index in [1.807, 2.05) is 0 Å². The van der Waals surface area contributed by atoms with Crippen molar-refractivity contribution in [3.63, 3.8) is 0 Å². The molecular weight excluding hydrogens is 226 g/mol. The molecule has 1 unspecified atom stereocenters. The molecule has 0 aliphatic rings. The second-order valence-electron chi connectivity index (χ2n) is 1.11. The van der Waals surface area contributed by atoms with Crippen molar-refractivity contribution < 1.29 is 8.93 Å². The molecule has 0 saturated heterocycles. The van der Waals surface area contributed by atoms with Gasteiger partial charge in [-0.15, -0.1) is 0 Å². The molecule has 1 N–H and O–H groups in total. The fourth-order valence-corrected chi connectivity index (χ4v) is 0.658. The minimum atomic E-state index is -0.360. The average Bonchev–Trinajstić information content (AvgIpc) is 1.68. The summed E-state index contributed by atoms with van der Waals surface area (Å²) in [7, 11) is 0. The van der Waals surface area contributed by atoms with Crippen LogP contribution in [0.15, 0.2) is 0 Å². The molecule has 0 heterocycles. The molecule has 2 radical (unpaired) electrons. The van der Waals surface area contributed by atoms with Crippen LogP contribution in [0.2, 0.25) is 5.32 Å². The van der Waals surface area contributed by atoms with E-state index < -0.39 is 0 Å². The Morgan fingerprint density at radius 3 is 2.43 bits per heavy atom. The molecule has 0 aliphatic heterocycles. The number of hydrogen-bond donors (Lipinski definition) is 1. The second-order valence-corrected chi connectivity index (χ2v) is 2.30. The fraction of sp³-hybridized carbons (Fsp3) is 1.00. The van der Waals surface area contributed by atoms with E-state index in [0.717, 1.165) is 0 Å². The predicted molar refractivity (Wildman–Crippen MR) is 28.3 cm³/mol. The predicted octanol–water partition coefficient (Wildman–Crippen LogP) is -0.966. The first kappa shape index (κ1) is 7.96. The normalized spacial score (nSPS) is 14.1. The van der Waals surface area contributed by atoms with Gasteiger partial charge in [0.25, 0.3) is 0 Å². The number of aliphatic hydroxyl groups excluding tert-OH is 1. The molecule has 2 nitrogen and oxygen atoms in total. The van der Waals surface area contributed by atoms with Gasteiger partial charge in [0.1, 0.15) is 0 Å². The van der Waals surface area contributed by atoms with Crippen LogP contribution in [0.3, 0.4) is 0 Å². The molecule has 0 amide bonds. The second kappa shape index (κ2) is 5.10. The van der Waals surface area contributed by atoms with Gasteiger partial charge in [-0.3, -0.25) is 0 Å². The van der Waals surface area contributed by atoms with Crippen LogP contribution in [0, 0.1) is 0 Å². The zero-order valence-corrected chi connectivity index (χ0v) is 7.09. The van der Waals surface area contributed by atoms with Gasteiger partial charge in [0.2, 0.25) is 0 Å². The topological polar surface area (TPSA) is 29.5 Å². The Balaban J connectivity index is 2.83. The Labute approximate surface area is 59.6 Å². The molecule has 0 aromatic heterocycles. The van der Waals surface area contributed by atoms with Gasteiger partial charge < -0.3 is 0 Å². The summed E-state index contributed by atoms with van der Waals surface area (Å²) in [4.78, 5) is 0. The molecule has 0 fully saturated rings. The minimum absolute atomic E-state index is 0.360. The quantitative estimate of drug-likeness (QED) is 0.634. The standard InChI is InChI=1S/C3H6O2Se2/c4-3(2-6)1-5-7/h3-4H,1-2H2. The fourth-order valence-electron chi connectivity index (χ4n) is 0.127. The Hall–Kier alpha value is 0.959. The van der Waals surface area contributed by atoms with Gasteiger partial charge in [-0.25, -0.2) is 0 Å². The Kier molecular flexibility index (Phi) is 5.80. The van der Waals surface area contributed by atoms with E-state index in [1.54, 1.807) is 0 Å². The molecule has 0 saturated carbocycles. The summed E-state index contributed by atoms with van der Waals surface area (Å²) < 4.78 is 4.50. The van der Waals surface area contributed by atoms with Crippen molar-refractivity contribution in [2.24, 2.45) is 0 Å². The summed E-state index contributed by atoms with van der Waals surface area (Å²) in [6, 6.07) is 0. The van der Waals surface area contributed by atoms with Crippen LogP contribution in [0.4, 0.5) is 0 Å². The van der Waals surface area contributed by atoms with Crippen molar-refractivity contribution in [2.75, 3.05) is 6.61 Å². The van der Waals surface area contributed by atoms with Gasteiger partial charge in [0.15, 0.2) is 0 Å². The first-order valence-electron chi connectivity index (χ1n) is 1.82. The van der Waals surface area contributed by atoms with Gasteiger partial charge in [-0.2, -0.15) is 0 Å². The van der Waals surface area contributed by atoms with Gasteiger partial charge in [0.05, 0.1) is 0 Å². The summed E-state index contributed by atoms with van der Waals surface area (Å²) in [5.74, 6) is 0. The van der Waals surface area contributed by atoms with Gasteiger partial charge >= 0.3 is 59.3 Å². The van der Waals surface area contributed by atoms with Crippen molar-refractivity contribution in [1.82, 2.24) is 0 Å². The summed E-state index contributed by atoms with van der Waals surface area (Å²) >= 11 is 5.02. The summed E-state index contributed by atoms with van der Waals surface area (Å²) in [6.45, 7) is 0.368. The first-order chi connectivity index (χ1) is 3.31. The maximum absolute atomic E-state index is 8.68. The molecular formula is C3H6O2Se2. The van der Waals surface area contributed by atoms with E-state index in [9.17, 15) is 0 Å². The van der Waals surface area contributed by atoms with E-state index in [1.165, 1.54) is 0 Å². The van der Waals surface area contributed by atoms with Crippen LogP contribution in [-0.4, -0.2) is 50.2 Å². The van der Waals surface area contributed by atoms with E-state index in [2.05, 4.69) is 36.2 Å². The third kappa shape index (κ3) is 4.82. The summed E-state index contributed by atoms with van der Waals surface area (Å²) in [5, 5.41) is 9.31. The van der Waals surface area contributed by atoms with Gasteiger partial charge in [-0.05, 0) is 0 Å². The Bertz CT molecular complexity index is 41.9. The molecule has 4 heteroatoms. The molecule has 7 heavy (non-hydrogen) atoms. The molecule has 0 aromatic carbocycles. The van der Waals surface area contributed by atoms with Crippen molar-refractivity contribution in [2.45, 2.75) is 11.4 Å². The monoisotopic (exact) mass is 234 g/mol. The van der Waals surface area contributed by atoms with Crippen LogP contribution in [-0.2, 0) is 3.82 Å².